The SMILES string of the molecule is CCCCCCCCCCCCCCCCCCCCCC/C=C/C(O)C(CO)NC(=O)CCCCCCCCCCCC/C=C\C=C/CCCCCOC(=O)CCCCCCCCCCCCCCCCC. The number of carbonyl (C=O) groups excluding carboxylic acids is 2. The number of rotatable bonds is 61. The van der Waals surface area contributed by atoms with Gasteiger partial charge in [0, 0.05) is 12.8 Å². The third-order valence-electron chi connectivity index (χ3n) is 15.2. The van der Waals surface area contributed by atoms with E-state index in [1.54, 1.807) is 6.08 Å². The molecule has 0 saturated carbocycles. The first kappa shape index (κ1) is 71.1. The molecule has 6 heteroatoms. The van der Waals surface area contributed by atoms with Crippen LogP contribution in [-0.2, 0) is 14.3 Å². The maximum Gasteiger partial charge on any atom is 0.305 e. The zero-order valence-corrected chi connectivity index (χ0v) is 49.1. The predicted molar refractivity (Wildman–Crippen MR) is 319 cm³/mol. The van der Waals surface area contributed by atoms with E-state index in [0.717, 1.165) is 77.0 Å². The van der Waals surface area contributed by atoms with Crippen LogP contribution in [0.25, 0.3) is 0 Å². The van der Waals surface area contributed by atoms with Gasteiger partial charge in [-0.1, -0.05) is 314 Å². The second-order valence-corrected chi connectivity index (χ2v) is 22.5. The zero-order chi connectivity index (χ0) is 52.9. The van der Waals surface area contributed by atoms with Gasteiger partial charge >= 0.3 is 5.97 Å². The molecule has 0 aliphatic heterocycles. The Balaban J connectivity index is 3.49. The van der Waals surface area contributed by atoms with Crippen LogP contribution in [0.1, 0.15) is 354 Å². The van der Waals surface area contributed by atoms with Crippen LogP contribution in [0.15, 0.2) is 36.5 Å². The van der Waals surface area contributed by atoms with Gasteiger partial charge in [0.1, 0.15) is 0 Å². The van der Waals surface area contributed by atoms with Crippen LogP contribution in [-0.4, -0.2) is 47.4 Å². The molecule has 430 valence electrons. The largest absolute Gasteiger partial charge is 0.466 e. The second kappa shape index (κ2) is 62.6. The Labute approximate surface area is 455 Å². The fourth-order valence-corrected chi connectivity index (χ4v) is 10.2. The van der Waals surface area contributed by atoms with E-state index < -0.39 is 12.1 Å². The number of aliphatic hydroxyl groups excluding tert-OH is 2. The molecule has 0 heterocycles. The Morgan fingerprint density at radius 2 is 0.671 bits per heavy atom. The minimum absolute atomic E-state index is 0.0108. The fraction of sp³-hybridized carbons (Fsp3) is 0.881. The molecular weight excluding hydrogens is 899 g/mol. The number of allylic oxidation sites excluding steroid dienone is 5. The average molecular weight is 1030 g/mol. The van der Waals surface area contributed by atoms with Gasteiger partial charge in [-0.3, -0.25) is 9.59 Å². The van der Waals surface area contributed by atoms with Crippen molar-refractivity contribution in [2.24, 2.45) is 0 Å². The van der Waals surface area contributed by atoms with Crippen molar-refractivity contribution in [1.29, 1.82) is 0 Å². The first-order chi connectivity index (χ1) is 36.0. The number of carbonyl (C=O) groups is 2. The first-order valence-corrected chi connectivity index (χ1v) is 32.8. The van der Waals surface area contributed by atoms with Crippen molar-refractivity contribution in [3.8, 4) is 0 Å². The lowest BCUT2D eigenvalue weighted by molar-refractivity contribution is -0.143. The number of ether oxygens (including phenoxy) is 1. The number of nitrogens with one attached hydrogen (secondary N) is 1. The van der Waals surface area contributed by atoms with Crippen molar-refractivity contribution >= 4 is 11.9 Å². The number of hydrogen-bond acceptors (Lipinski definition) is 5. The smallest absolute Gasteiger partial charge is 0.305 e. The lowest BCUT2D eigenvalue weighted by Gasteiger charge is -2.20. The average Bonchev–Trinajstić information content (AvgIpc) is 3.39. The van der Waals surface area contributed by atoms with E-state index in [9.17, 15) is 19.8 Å². The number of esters is 1. The van der Waals surface area contributed by atoms with Gasteiger partial charge in [0.15, 0.2) is 0 Å². The van der Waals surface area contributed by atoms with E-state index in [4.69, 9.17) is 4.74 Å². The minimum Gasteiger partial charge on any atom is -0.466 e. The molecule has 73 heavy (non-hydrogen) atoms. The van der Waals surface area contributed by atoms with Gasteiger partial charge in [-0.2, -0.15) is 0 Å². The quantitative estimate of drug-likeness (QED) is 0.0244. The molecule has 0 aliphatic rings. The molecule has 0 aromatic heterocycles. The lowest BCUT2D eigenvalue weighted by Crippen LogP contribution is -2.45. The van der Waals surface area contributed by atoms with E-state index in [1.165, 1.54) is 250 Å². The highest BCUT2D eigenvalue weighted by molar-refractivity contribution is 5.76. The Morgan fingerprint density at radius 1 is 0.384 bits per heavy atom. The third kappa shape index (κ3) is 59.2. The molecule has 0 aromatic rings. The van der Waals surface area contributed by atoms with Crippen LogP contribution in [0.4, 0.5) is 0 Å². The standard InChI is InChI=1S/C67H127NO5/c1-3-5-7-9-11-13-15-17-19-20-21-22-23-25-28-32-35-39-43-47-51-55-59-65(70)64(63-69)68-66(71)60-56-52-48-44-40-36-33-29-26-24-27-30-34-38-42-46-50-54-58-62-73-67(72)61-57-53-49-45-41-37-31-18-16-14-12-10-8-6-4-2/h30,34,38,42,55,59,64-65,69-70H,3-29,31-33,35-37,39-41,43-54,56-58,60-63H2,1-2H3,(H,68,71)/b34-30-,42-38-,59-55+. The highest BCUT2D eigenvalue weighted by Crippen LogP contribution is 2.18. The van der Waals surface area contributed by atoms with Crippen LogP contribution in [0.3, 0.4) is 0 Å². The zero-order valence-electron chi connectivity index (χ0n) is 49.1. The summed E-state index contributed by atoms with van der Waals surface area (Å²) < 4.78 is 5.46. The second-order valence-electron chi connectivity index (χ2n) is 22.5. The van der Waals surface area contributed by atoms with Crippen molar-refractivity contribution in [2.45, 2.75) is 366 Å². The molecule has 6 nitrogen and oxygen atoms in total. The summed E-state index contributed by atoms with van der Waals surface area (Å²) in [7, 11) is 0. The normalized spacial score (nSPS) is 12.8. The van der Waals surface area contributed by atoms with Crippen molar-refractivity contribution in [1.82, 2.24) is 5.32 Å². The Hall–Kier alpha value is -1.92. The molecule has 3 N–H and O–H groups in total. The van der Waals surface area contributed by atoms with Crippen LogP contribution in [0, 0.1) is 0 Å². The number of unbranched alkanes of at least 4 members (excludes halogenated alkanes) is 47. The van der Waals surface area contributed by atoms with E-state index >= 15 is 0 Å². The monoisotopic (exact) mass is 1030 g/mol. The van der Waals surface area contributed by atoms with Gasteiger partial charge in [-0.05, 0) is 64.2 Å². The highest BCUT2D eigenvalue weighted by Gasteiger charge is 2.18. The Morgan fingerprint density at radius 3 is 1.01 bits per heavy atom. The molecule has 1 amide bonds. The molecule has 0 rings (SSSR count). The molecule has 2 atom stereocenters. The molecule has 0 fully saturated rings. The van der Waals surface area contributed by atoms with Crippen LogP contribution >= 0.6 is 0 Å². The van der Waals surface area contributed by atoms with Gasteiger partial charge in [-0.25, -0.2) is 0 Å². The lowest BCUT2D eigenvalue weighted by atomic mass is 10.0. The van der Waals surface area contributed by atoms with Crippen molar-refractivity contribution in [3.63, 3.8) is 0 Å². The van der Waals surface area contributed by atoms with Gasteiger partial charge < -0.3 is 20.3 Å². The molecule has 0 radical (unpaired) electrons. The topological polar surface area (TPSA) is 95.9 Å². The van der Waals surface area contributed by atoms with Crippen molar-refractivity contribution < 1.29 is 24.5 Å². The van der Waals surface area contributed by atoms with Gasteiger partial charge in [0.2, 0.25) is 5.91 Å². The molecule has 0 saturated heterocycles. The number of aliphatic hydroxyl groups is 2. The van der Waals surface area contributed by atoms with Gasteiger partial charge in [0.25, 0.3) is 0 Å². The number of amides is 1. The van der Waals surface area contributed by atoms with Crippen molar-refractivity contribution in [3.05, 3.63) is 36.5 Å². The Bertz CT molecular complexity index is 1180. The van der Waals surface area contributed by atoms with E-state index in [2.05, 4.69) is 43.5 Å². The molecular formula is C67H127NO5. The van der Waals surface area contributed by atoms with Crippen LogP contribution in [0.5, 0.6) is 0 Å². The summed E-state index contributed by atoms with van der Waals surface area (Å²) in [6.45, 7) is 4.89. The molecule has 0 aliphatic carbocycles. The predicted octanol–water partition coefficient (Wildman–Crippen LogP) is 20.8. The first-order valence-electron chi connectivity index (χ1n) is 32.8. The maximum atomic E-state index is 12.5. The van der Waals surface area contributed by atoms with Crippen LogP contribution in [0.2, 0.25) is 0 Å². The Kier molecular flexibility index (Phi) is 61.0. The summed E-state index contributed by atoms with van der Waals surface area (Å²) in [5, 5.41) is 23.2. The van der Waals surface area contributed by atoms with Gasteiger partial charge in [-0.15, -0.1) is 0 Å². The highest BCUT2D eigenvalue weighted by atomic mass is 16.5. The summed E-state index contributed by atoms with van der Waals surface area (Å²) in [5.41, 5.74) is 0. The maximum absolute atomic E-state index is 12.5. The summed E-state index contributed by atoms with van der Waals surface area (Å²) in [4.78, 5) is 24.6. The van der Waals surface area contributed by atoms with E-state index in [1.807, 2.05) is 6.08 Å². The summed E-state index contributed by atoms with van der Waals surface area (Å²) in [5.74, 6) is -0.0855. The van der Waals surface area contributed by atoms with E-state index in [-0.39, 0.29) is 18.5 Å². The van der Waals surface area contributed by atoms with E-state index in [0.29, 0.717) is 19.4 Å². The third-order valence-corrected chi connectivity index (χ3v) is 15.2. The number of hydrogen-bond donors (Lipinski definition) is 3. The molecule has 2 unspecified atom stereocenters. The minimum atomic E-state index is -0.853. The fourth-order valence-electron chi connectivity index (χ4n) is 10.2. The van der Waals surface area contributed by atoms with Crippen LogP contribution < -0.4 is 5.32 Å². The summed E-state index contributed by atoms with van der Waals surface area (Å²) in [6.07, 6.45) is 79.1. The summed E-state index contributed by atoms with van der Waals surface area (Å²) in [6, 6.07) is -0.637. The van der Waals surface area contributed by atoms with Gasteiger partial charge in [0.05, 0.1) is 25.4 Å². The molecule has 0 spiro atoms. The molecule has 0 bridgehead atoms. The summed E-state index contributed by atoms with van der Waals surface area (Å²) >= 11 is 0. The van der Waals surface area contributed by atoms with Crippen molar-refractivity contribution in [2.75, 3.05) is 13.2 Å². The molecule has 0 aromatic carbocycles.